The third-order valence-electron chi connectivity index (χ3n) is 3.42. The van der Waals surface area contributed by atoms with Gasteiger partial charge in [0.15, 0.2) is 0 Å². The fraction of sp³-hybridized carbons (Fsp3) is 0.923. The SMILES string of the molecule is CCCCCC[C@H]1CC[C@H](C)CC1=O. The van der Waals surface area contributed by atoms with Gasteiger partial charge in [-0.25, -0.2) is 0 Å². The normalized spacial score (nSPS) is 28.0. The number of ketones is 1. The molecule has 1 rings (SSSR count). The molecule has 14 heavy (non-hydrogen) atoms. The lowest BCUT2D eigenvalue weighted by molar-refractivity contribution is -0.126. The highest BCUT2D eigenvalue weighted by Gasteiger charge is 2.25. The van der Waals surface area contributed by atoms with Gasteiger partial charge in [-0.1, -0.05) is 39.5 Å². The standard InChI is InChI=1S/C13H24O/c1-3-4-5-6-7-12-9-8-11(2)10-13(12)14/h11-12H,3-10H2,1-2H3/t11-,12-/m0/s1. The molecule has 0 saturated heterocycles. The summed E-state index contributed by atoms with van der Waals surface area (Å²) in [7, 11) is 0. The molecule has 0 aromatic rings. The molecule has 1 nitrogen and oxygen atoms in total. The molecule has 2 atom stereocenters. The first kappa shape index (κ1) is 11.7. The van der Waals surface area contributed by atoms with Crippen molar-refractivity contribution in [2.75, 3.05) is 0 Å². The van der Waals surface area contributed by atoms with E-state index in [2.05, 4.69) is 13.8 Å². The molecule has 0 unspecified atom stereocenters. The molecule has 1 fully saturated rings. The van der Waals surface area contributed by atoms with Crippen LogP contribution in [0, 0.1) is 11.8 Å². The summed E-state index contributed by atoms with van der Waals surface area (Å²) in [5.41, 5.74) is 0. The summed E-state index contributed by atoms with van der Waals surface area (Å²) in [5, 5.41) is 0. The Labute approximate surface area is 88.3 Å². The minimum absolute atomic E-state index is 0.419. The number of hydrogen-bond acceptors (Lipinski definition) is 1. The summed E-state index contributed by atoms with van der Waals surface area (Å²) in [6.07, 6.45) is 9.63. The minimum atomic E-state index is 0.419. The van der Waals surface area contributed by atoms with Crippen LogP contribution in [-0.4, -0.2) is 5.78 Å². The third kappa shape index (κ3) is 3.81. The molecule has 0 N–H and O–H groups in total. The number of Topliss-reactive ketones (excluding diaryl/α,β-unsaturated/α-hetero) is 1. The van der Waals surface area contributed by atoms with Crippen molar-refractivity contribution in [3.63, 3.8) is 0 Å². The highest BCUT2D eigenvalue weighted by molar-refractivity contribution is 5.81. The zero-order valence-electron chi connectivity index (χ0n) is 9.72. The zero-order valence-corrected chi connectivity index (χ0v) is 9.72. The van der Waals surface area contributed by atoms with E-state index in [-0.39, 0.29) is 0 Å². The van der Waals surface area contributed by atoms with Gasteiger partial charge in [0, 0.05) is 12.3 Å². The van der Waals surface area contributed by atoms with Crippen LogP contribution in [0.2, 0.25) is 0 Å². The average molecular weight is 196 g/mol. The van der Waals surface area contributed by atoms with Crippen LogP contribution in [0.1, 0.15) is 65.2 Å². The molecule has 1 heteroatoms. The highest BCUT2D eigenvalue weighted by atomic mass is 16.1. The predicted molar refractivity (Wildman–Crippen MR) is 60.3 cm³/mol. The van der Waals surface area contributed by atoms with Gasteiger partial charge in [-0.3, -0.25) is 4.79 Å². The van der Waals surface area contributed by atoms with Crippen LogP contribution in [0.15, 0.2) is 0 Å². The maximum absolute atomic E-state index is 11.7. The van der Waals surface area contributed by atoms with Gasteiger partial charge in [-0.2, -0.15) is 0 Å². The van der Waals surface area contributed by atoms with Gasteiger partial charge in [0.25, 0.3) is 0 Å². The first-order chi connectivity index (χ1) is 6.74. The molecule has 1 aliphatic carbocycles. The molecular weight excluding hydrogens is 172 g/mol. The second kappa shape index (κ2) is 6.21. The second-order valence-electron chi connectivity index (χ2n) is 4.90. The van der Waals surface area contributed by atoms with E-state index in [4.69, 9.17) is 0 Å². The van der Waals surface area contributed by atoms with E-state index in [1.54, 1.807) is 0 Å². The lowest BCUT2D eigenvalue weighted by atomic mass is 9.79. The van der Waals surface area contributed by atoms with Crippen LogP contribution in [0.3, 0.4) is 0 Å². The first-order valence-corrected chi connectivity index (χ1v) is 6.26. The Morgan fingerprint density at radius 3 is 2.64 bits per heavy atom. The van der Waals surface area contributed by atoms with Crippen molar-refractivity contribution >= 4 is 5.78 Å². The maximum atomic E-state index is 11.7. The maximum Gasteiger partial charge on any atom is 0.136 e. The van der Waals surface area contributed by atoms with Crippen LogP contribution in [-0.2, 0) is 4.79 Å². The zero-order chi connectivity index (χ0) is 10.4. The van der Waals surface area contributed by atoms with E-state index < -0.39 is 0 Å². The average Bonchev–Trinajstić information content (AvgIpc) is 2.15. The van der Waals surface area contributed by atoms with Crippen molar-refractivity contribution < 1.29 is 4.79 Å². The summed E-state index contributed by atoms with van der Waals surface area (Å²) < 4.78 is 0. The van der Waals surface area contributed by atoms with E-state index in [0.717, 1.165) is 19.3 Å². The Balaban J connectivity index is 2.14. The number of rotatable bonds is 5. The number of hydrogen-bond donors (Lipinski definition) is 0. The topological polar surface area (TPSA) is 17.1 Å². The van der Waals surface area contributed by atoms with Crippen LogP contribution in [0.5, 0.6) is 0 Å². The van der Waals surface area contributed by atoms with E-state index in [0.29, 0.717) is 17.6 Å². The van der Waals surface area contributed by atoms with Gasteiger partial charge in [0.05, 0.1) is 0 Å². The number of unbranched alkanes of at least 4 members (excludes halogenated alkanes) is 3. The van der Waals surface area contributed by atoms with Crippen molar-refractivity contribution in [2.45, 2.75) is 65.2 Å². The Hall–Kier alpha value is -0.330. The molecule has 0 amide bonds. The van der Waals surface area contributed by atoms with Crippen LogP contribution >= 0.6 is 0 Å². The second-order valence-corrected chi connectivity index (χ2v) is 4.90. The Bertz CT molecular complexity index is 174. The molecule has 0 aromatic carbocycles. The smallest absolute Gasteiger partial charge is 0.136 e. The third-order valence-corrected chi connectivity index (χ3v) is 3.42. The van der Waals surface area contributed by atoms with Crippen molar-refractivity contribution in [3.8, 4) is 0 Å². The molecule has 82 valence electrons. The van der Waals surface area contributed by atoms with Gasteiger partial charge in [0.2, 0.25) is 0 Å². The molecule has 0 aliphatic heterocycles. The van der Waals surface area contributed by atoms with E-state index in [9.17, 15) is 4.79 Å². The molecule has 1 saturated carbocycles. The van der Waals surface area contributed by atoms with E-state index >= 15 is 0 Å². The fourth-order valence-corrected chi connectivity index (χ4v) is 2.38. The van der Waals surface area contributed by atoms with Gasteiger partial charge in [-0.05, 0) is 25.2 Å². The van der Waals surface area contributed by atoms with Crippen molar-refractivity contribution in [3.05, 3.63) is 0 Å². The summed E-state index contributed by atoms with van der Waals surface area (Å²) in [6.45, 7) is 4.43. The summed E-state index contributed by atoms with van der Waals surface area (Å²) in [4.78, 5) is 11.7. The minimum Gasteiger partial charge on any atom is -0.299 e. The molecule has 1 aliphatic rings. The van der Waals surface area contributed by atoms with Crippen LogP contribution in [0.4, 0.5) is 0 Å². The predicted octanol–water partition coefficient (Wildman–Crippen LogP) is 3.96. The first-order valence-electron chi connectivity index (χ1n) is 6.26. The number of carbonyl (C=O) groups excluding carboxylic acids is 1. The van der Waals surface area contributed by atoms with Gasteiger partial charge < -0.3 is 0 Å². The van der Waals surface area contributed by atoms with Crippen molar-refractivity contribution in [2.24, 2.45) is 11.8 Å². The quantitative estimate of drug-likeness (QED) is 0.608. The van der Waals surface area contributed by atoms with Crippen molar-refractivity contribution in [1.29, 1.82) is 0 Å². The van der Waals surface area contributed by atoms with E-state index in [1.165, 1.54) is 32.1 Å². The Kier molecular flexibility index (Phi) is 5.21. The van der Waals surface area contributed by atoms with Gasteiger partial charge in [0.1, 0.15) is 5.78 Å². The summed E-state index contributed by atoms with van der Waals surface area (Å²) in [6, 6.07) is 0. The van der Waals surface area contributed by atoms with Crippen LogP contribution < -0.4 is 0 Å². The molecule has 0 heterocycles. The highest BCUT2D eigenvalue weighted by Crippen LogP contribution is 2.28. The van der Waals surface area contributed by atoms with Crippen molar-refractivity contribution in [1.82, 2.24) is 0 Å². The largest absolute Gasteiger partial charge is 0.299 e. The summed E-state index contributed by atoms with van der Waals surface area (Å²) >= 11 is 0. The van der Waals surface area contributed by atoms with Crippen LogP contribution in [0.25, 0.3) is 0 Å². The van der Waals surface area contributed by atoms with E-state index in [1.807, 2.05) is 0 Å². The summed E-state index contributed by atoms with van der Waals surface area (Å²) in [5.74, 6) is 1.61. The fourth-order valence-electron chi connectivity index (χ4n) is 2.38. The molecule has 0 spiro atoms. The lowest BCUT2D eigenvalue weighted by Gasteiger charge is -2.24. The Morgan fingerprint density at radius 1 is 1.21 bits per heavy atom. The molecular formula is C13H24O. The monoisotopic (exact) mass is 196 g/mol. The van der Waals surface area contributed by atoms with Gasteiger partial charge in [-0.15, -0.1) is 0 Å². The molecule has 0 bridgehead atoms. The van der Waals surface area contributed by atoms with Gasteiger partial charge >= 0.3 is 0 Å². The Morgan fingerprint density at radius 2 is 2.00 bits per heavy atom. The lowest BCUT2D eigenvalue weighted by Crippen LogP contribution is -2.23. The molecule has 0 radical (unpaired) electrons. The molecule has 0 aromatic heterocycles. The number of carbonyl (C=O) groups is 1.